The highest BCUT2D eigenvalue weighted by atomic mass is 35.5. The molecule has 3 rings (SSSR count). The van der Waals surface area contributed by atoms with E-state index in [-0.39, 0.29) is 23.9 Å². The van der Waals surface area contributed by atoms with Crippen molar-refractivity contribution < 1.29 is 13.5 Å². The van der Waals surface area contributed by atoms with Gasteiger partial charge in [-0.2, -0.15) is 0 Å². The summed E-state index contributed by atoms with van der Waals surface area (Å²) in [5.74, 6) is 0.177. The third-order valence-electron chi connectivity index (χ3n) is 3.26. The summed E-state index contributed by atoms with van der Waals surface area (Å²) in [6, 6.07) is 12.2. The first kappa shape index (κ1) is 13.9. The maximum Gasteiger partial charge on any atom is 0.183 e. The SMILES string of the molecule is NCc1oc2ccccc2c1COc1cccc(Cl)c1F. The molecule has 0 bridgehead atoms. The van der Waals surface area contributed by atoms with E-state index in [4.69, 9.17) is 26.5 Å². The highest BCUT2D eigenvalue weighted by Crippen LogP contribution is 2.29. The van der Waals surface area contributed by atoms with Crippen LogP contribution in [0.2, 0.25) is 5.02 Å². The van der Waals surface area contributed by atoms with Crippen molar-refractivity contribution in [3.05, 3.63) is 64.6 Å². The smallest absolute Gasteiger partial charge is 0.183 e. The molecule has 0 spiro atoms. The third kappa shape index (κ3) is 2.60. The maximum absolute atomic E-state index is 13.8. The average Bonchev–Trinajstić information content (AvgIpc) is 2.86. The van der Waals surface area contributed by atoms with E-state index < -0.39 is 5.82 Å². The van der Waals surface area contributed by atoms with E-state index in [1.54, 1.807) is 6.07 Å². The molecule has 0 atom stereocenters. The van der Waals surface area contributed by atoms with E-state index in [1.807, 2.05) is 24.3 Å². The van der Waals surface area contributed by atoms with Gasteiger partial charge in [-0.05, 0) is 18.2 Å². The normalized spacial score (nSPS) is 11.0. The number of furan rings is 1. The number of hydrogen-bond donors (Lipinski definition) is 1. The summed E-state index contributed by atoms with van der Waals surface area (Å²) < 4.78 is 25.0. The van der Waals surface area contributed by atoms with Gasteiger partial charge in [0, 0.05) is 10.9 Å². The molecule has 1 aromatic heterocycles. The molecule has 1 heterocycles. The second-order valence-electron chi connectivity index (χ2n) is 4.54. The van der Waals surface area contributed by atoms with Crippen LogP contribution in [0, 0.1) is 5.82 Å². The molecule has 0 aliphatic heterocycles. The Balaban J connectivity index is 1.93. The Hall–Kier alpha value is -2.04. The maximum atomic E-state index is 13.8. The second-order valence-corrected chi connectivity index (χ2v) is 4.95. The summed E-state index contributed by atoms with van der Waals surface area (Å²) in [6.07, 6.45) is 0. The molecule has 0 aliphatic carbocycles. The molecule has 2 aromatic carbocycles. The molecule has 0 amide bonds. The number of benzene rings is 2. The van der Waals surface area contributed by atoms with Crippen molar-refractivity contribution in [2.45, 2.75) is 13.2 Å². The van der Waals surface area contributed by atoms with Crippen LogP contribution in [0.3, 0.4) is 0 Å². The molecule has 3 aromatic rings. The van der Waals surface area contributed by atoms with Gasteiger partial charge in [0.1, 0.15) is 18.0 Å². The Morgan fingerprint density at radius 2 is 1.95 bits per heavy atom. The number of hydrogen-bond acceptors (Lipinski definition) is 3. The number of ether oxygens (including phenoxy) is 1. The van der Waals surface area contributed by atoms with Crippen LogP contribution >= 0.6 is 11.6 Å². The molecule has 0 radical (unpaired) electrons. The van der Waals surface area contributed by atoms with Crippen molar-refractivity contribution >= 4 is 22.6 Å². The summed E-state index contributed by atoms with van der Waals surface area (Å²) >= 11 is 5.73. The fraction of sp³-hybridized carbons (Fsp3) is 0.125. The minimum absolute atomic E-state index is 0.0311. The molecule has 2 N–H and O–H groups in total. The Kier molecular flexibility index (Phi) is 3.82. The van der Waals surface area contributed by atoms with Gasteiger partial charge in [0.15, 0.2) is 11.6 Å². The van der Waals surface area contributed by atoms with Gasteiger partial charge < -0.3 is 14.9 Å². The lowest BCUT2D eigenvalue weighted by molar-refractivity contribution is 0.288. The van der Waals surface area contributed by atoms with Gasteiger partial charge in [-0.15, -0.1) is 0 Å². The molecule has 0 saturated heterocycles. The second kappa shape index (κ2) is 5.76. The molecular formula is C16H13ClFNO2. The molecule has 0 aliphatic rings. The molecule has 0 fully saturated rings. The van der Waals surface area contributed by atoms with E-state index in [0.717, 1.165) is 16.5 Å². The fourth-order valence-corrected chi connectivity index (χ4v) is 2.38. The third-order valence-corrected chi connectivity index (χ3v) is 3.55. The van der Waals surface area contributed by atoms with Crippen LogP contribution in [0.4, 0.5) is 4.39 Å². The van der Waals surface area contributed by atoms with Gasteiger partial charge in [-0.25, -0.2) is 4.39 Å². The first-order valence-electron chi connectivity index (χ1n) is 6.47. The van der Waals surface area contributed by atoms with Gasteiger partial charge in [0.25, 0.3) is 0 Å². The Bertz CT molecular complexity index is 785. The van der Waals surface area contributed by atoms with Crippen LogP contribution in [0.15, 0.2) is 46.9 Å². The predicted octanol–water partition coefficient (Wildman–Crippen LogP) is 4.26. The first-order chi connectivity index (χ1) is 10.2. The zero-order chi connectivity index (χ0) is 14.8. The predicted molar refractivity (Wildman–Crippen MR) is 79.8 cm³/mol. The van der Waals surface area contributed by atoms with Crippen LogP contribution in [-0.2, 0) is 13.2 Å². The van der Waals surface area contributed by atoms with E-state index in [2.05, 4.69) is 0 Å². The monoisotopic (exact) mass is 305 g/mol. The topological polar surface area (TPSA) is 48.4 Å². The van der Waals surface area contributed by atoms with Crippen molar-refractivity contribution in [3.63, 3.8) is 0 Å². The van der Waals surface area contributed by atoms with Crippen molar-refractivity contribution in [1.29, 1.82) is 0 Å². The standard InChI is InChI=1S/C16H13ClFNO2/c17-12-5-3-7-14(16(12)18)20-9-11-10-4-1-2-6-13(10)21-15(11)8-19/h1-7H,8-9,19H2. The van der Waals surface area contributed by atoms with Gasteiger partial charge in [-0.1, -0.05) is 35.9 Å². The minimum Gasteiger partial charge on any atom is -0.486 e. The average molecular weight is 306 g/mol. The van der Waals surface area contributed by atoms with Crippen LogP contribution in [0.25, 0.3) is 11.0 Å². The number of para-hydroxylation sites is 1. The molecule has 108 valence electrons. The molecular weight excluding hydrogens is 293 g/mol. The lowest BCUT2D eigenvalue weighted by atomic mass is 10.1. The fourth-order valence-electron chi connectivity index (χ4n) is 2.22. The van der Waals surface area contributed by atoms with Crippen LogP contribution in [-0.4, -0.2) is 0 Å². The van der Waals surface area contributed by atoms with E-state index in [9.17, 15) is 4.39 Å². The van der Waals surface area contributed by atoms with E-state index >= 15 is 0 Å². The van der Waals surface area contributed by atoms with E-state index in [1.165, 1.54) is 12.1 Å². The van der Waals surface area contributed by atoms with Gasteiger partial charge in [-0.3, -0.25) is 0 Å². The van der Waals surface area contributed by atoms with Gasteiger partial charge in [0.05, 0.1) is 11.6 Å². The zero-order valence-corrected chi connectivity index (χ0v) is 11.9. The summed E-state index contributed by atoms with van der Waals surface area (Å²) in [4.78, 5) is 0. The molecule has 0 saturated carbocycles. The number of rotatable bonds is 4. The van der Waals surface area contributed by atoms with E-state index in [0.29, 0.717) is 5.76 Å². The zero-order valence-electron chi connectivity index (χ0n) is 11.1. The van der Waals surface area contributed by atoms with Crippen molar-refractivity contribution in [1.82, 2.24) is 0 Å². The lowest BCUT2D eigenvalue weighted by Crippen LogP contribution is -2.03. The number of fused-ring (bicyclic) bond motifs is 1. The van der Waals surface area contributed by atoms with Crippen molar-refractivity contribution in [3.8, 4) is 5.75 Å². The molecule has 21 heavy (non-hydrogen) atoms. The Morgan fingerprint density at radius 1 is 1.14 bits per heavy atom. The molecule has 5 heteroatoms. The Labute approximate surface area is 126 Å². The minimum atomic E-state index is -0.568. The number of halogens is 2. The summed E-state index contributed by atoms with van der Waals surface area (Å²) in [7, 11) is 0. The lowest BCUT2D eigenvalue weighted by Gasteiger charge is -2.08. The van der Waals surface area contributed by atoms with Crippen molar-refractivity contribution in [2.24, 2.45) is 5.73 Å². The van der Waals surface area contributed by atoms with Crippen molar-refractivity contribution in [2.75, 3.05) is 0 Å². The molecule has 0 unspecified atom stereocenters. The number of nitrogens with two attached hydrogens (primary N) is 1. The van der Waals surface area contributed by atoms with Crippen LogP contribution < -0.4 is 10.5 Å². The van der Waals surface area contributed by atoms with Crippen LogP contribution in [0.1, 0.15) is 11.3 Å². The quantitative estimate of drug-likeness (QED) is 0.783. The van der Waals surface area contributed by atoms with Crippen LogP contribution in [0.5, 0.6) is 5.75 Å². The summed E-state index contributed by atoms with van der Waals surface area (Å²) in [6.45, 7) is 0.423. The largest absolute Gasteiger partial charge is 0.486 e. The highest BCUT2D eigenvalue weighted by molar-refractivity contribution is 6.30. The first-order valence-corrected chi connectivity index (χ1v) is 6.84. The van der Waals surface area contributed by atoms with Gasteiger partial charge in [0.2, 0.25) is 0 Å². The van der Waals surface area contributed by atoms with Gasteiger partial charge >= 0.3 is 0 Å². The summed E-state index contributed by atoms with van der Waals surface area (Å²) in [5, 5.41) is 0.948. The molecule has 3 nitrogen and oxygen atoms in total. The summed E-state index contributed by atoms with van der Waals surface area (Å²) in [5.41, 5.74) is 7.26. The highest BCUT2D eigenvalue weighted by Gasteiger charge is 2.14. The Morgan fingerprint density at radius 3 is 2.76 bits per heavy atom.